The van der Waals surface area contributed by atoms with Crippen LogP contribution in [0.5, 0.6) is 0 Å². The summed E-state index contributed by atoms with van der Waals surface area (Å²) in [5, 5.41) is 8.02. The molecule has 160 valence electrons. The zero-order chi connectivity index (χ0) is 22.1. The molecule has 2 aromatic rings. The number of carbonyl (C=O) groups excluding carboxylic acids is 3. The standard InChI is InChI=1S/C22H26FN3O4/c1-22(2,3)30-21(29)24-12-11-19(27)26-18-6-4-5-15(13-18)14-25-20(28)16-7-9-17(23)10-8-16/h4-10,13H,11-12,14H2,1-3H3,(H,24,29)(H,25,28)(H,26,27). The van der Waals surface area contributed by atoms with Gasteiger partial charge in [-0.25, -0.2) is 9.18 Å². The minimum Gasteiger partial charge on any atom is -0.444 e. The van der Waals surface area contributed by atoms with Crippen LogP contribution in [0.15, 0.2) is 48.5 Å². The second-order valence-corrected chi connectivity index (χ2v) is 7.62. The van der Waals surface area contributed by atoms with Crippen LogP contribution in [0.25, 0.3) is 0 Å². The van der Waals surface area contributed by atoms with Gasteiger partial charge in [0.05, 0.1) is 0 Å². The minimum atomic E-state index is -0.598. The fraction of sp³-hybridized carbons (Fsp3) is 0.318. The van der Waals surface area contributed by atoms with E-state index in [-0.39, 0.29) is 31.3 Å². The summed E-state index contributed by atoms with van der Waals surface area (Å²) in [5.41, 5.74) is 1.12. The van der Waals surface area contributed by atoms with Gasteiger partial charge in [-0.2, -0.15) is 0 Å². The number of alkyl carbamates (subject to hydrolysis) is 1. The minimum absolute atomic E-state index is 0.0881. The Morgan fingerprint density at radius 3 is 2.37 bits per heavy atom. The van der Waals surface area contributed by atoms with Crippen molar-refractivity contribution in [3.63, 3.8) is 0 Å². The van der Waals surface area contributed by atoms with Crippen LogP contribution in [0.3, 0.4) is 0 Å². The molecule has 0 fully saturated rings. The number of anilines is 1. The summed E-state index contributed by atoms with van der Waals surface area (Å²) < 4.78 is 18.0. The van der Waals surface area contributed by atoms with Gasteiger partial charge in [0.25, 0.3) is 5.91 Å². The van der Waals surface area contributed by atoms with Crippen LogP contribution in [-0.4, -0.2) is 30.1 Å². The summed E-state index contributed by atoms with van der Waals surface area (Å²) in [6.45, 7) is 5.67. The first-order chi connectivity index (χ1) is 14.1. The third kappa shape index (κ3) is 8.30. The largest absolute Gasteiger partial charge is 0.444 e. The summed E-state index contributed by atoms with van der Waals surface area (Å²) in [4.78, 5) is 35.7. The predicted molar refractivity (Wildman–Crippen MR) is 111 cm³/mol. The normalized spacial score (nSPS) is 10.8. The van der Waals surface area contributed by atoms with Gasteiger partial charge in [-0.15, -0.1) is 0 Å². The predicted octanol–water partition coefficient (Wildman–Crippen LogP) is 3.61. The topological polar surface area (TPSA) is 96.5 Å². The molecule has 0 unspecified atom stereocenters. The molecule has 2 aromatic carbocycles. The Balaban J connectivity index is 1.79. The van der Waals surface area contributed by atoms with Crippen LogP contribution in [0, 0.1) is 5.82 Å². The third-order valence-corrected chi connectivity index (χ3v) is 3.79. The van der Waals surface area contributed by atoms with E-state index in [0.717, 1.165) is 5.56 Å². The Morgan fingerprint density at radius 2 is 1.70 bits per heavy atom. The van der Waals surface area contributed by atoms with Gasteiger partial charge in [-0.3, -0.25) is 9.59 Å². The Labute approximate surface area is 175 Å². The molecule has 3 amide bonds. The first kappa shape index (κ1) is 22.9. The average Bonchev–Trinajstić information content (AvgIpc) is 2.65. The van der Waals surface area contributed by atoms with Gasteiger partial charge >= 0.3 is 6.09 Å². The molecular weight excluding hydrogens is 389 g/mol. The quantitative estimate of drug-likeness (QED) is 0.644. The lowest BCUT2D eigenvalue weighted by Crippen LogP contribution is -2.34. The number of benzene rings is 2. The van der Waals surface area contributed by atoms with E-state index in [1.165, 1.54) is 24.3 Å². The van der Waals surface area contributed by atoms with E-state index in [9.17, 15) is 18.8 Å². The highest BCUT2D eigenvalue weighted by atomic mass is 19.1. The van der Waals surface area contributed by atoms with Crippen LogP contribution in [-0.2, 0) is 16.1 Å². The molecule has 3 N–H and O–H groups in total. The van der Waals surface area contributed by atoms with Crippen molar-refractivity contribution >= 4 is 23.6 Å². The molecule has 2 rings (SSSR count). The second kappa shape index (κ2) is 10.4. The van der Waals surface area contributed by atoms with Gasteiger partial charge in [-0.1, -0.05) is 12.1 Å². The zero-order valence-corrected chi connectivity index (χ0v) is 17.3. The van der Waals surface area contributed by atoms with Crippen LogP contribution in [0.2, 0.25) is 0 Å². The highest BCUT2D eigenvalue weighted by Gasteiger charge is 2.16. The number of hydrogen-bond donors (Lipinski definition) is 3. The first-order valence-electron chi connectivity index (χ1n) is 9.52. The maximum Gasteiger partial charge on any atom is 0.407 e. The molecule has 0 radical (unpaired) electrons. The summed E-state index contributed by atoms with van der Waals surface area (Å²) in [6.07, 6.45) is -0.487. The highest BCUT2D eigenvalue weighted by molar-refractivity contribution is 5.94. The molecule has 0 spiro atoms. The van der Waals surface area contributed by atoms with E-state index in [1.807, 2.05) is 6.07 Å². The summed E-state index contributed by atoms with van der Waals surface area (Å²) >= 11 is 0. The lowest BCUT2D eigenvalue weighted by Gasteiger charge is -2.19. The third-order valence-electron chi connectivity index (χ3n) is 3.79. The van der Waals surface area contributed by atoms with Gasteiger partial charge in [-0.05, 0) is 62.7 Å². The van der Waals surface area contributed by atoms with Crippen LogP contribution < -0.4 is 16.0 Å². The monoisotopic (exact) mass is 415 g/mol. The molecule has 0 aliphatic rings. The van der Waals surface area contributed by atoms with Crippen molar-refractivity contribution in [1.82, 2.24) is 10.6 Å². The molecule has 0 saturated heterocycles. The number of ether oxygens (including phenoxy) is 1. The number of nitrogens with one attached hydrogen (secondary N) is 3. The Bertz CT molecular complexity index is 892. The molecular formula is C22H26FN3O4. The van der Waals surface area contributed by atoms with Crippen molar-refractivity contribution in [3.8, 4) is 0 Å². The SMILES string of the molecule is CC(C)(C)OC(=O)NCCC(=O)Nc1cccc(CNC(=O)c2ccc(F)cc2)c1. The fourth-order valence-corrected chi connectivity index (χ4v) is 2.46. The molecule has 0 aliphatic carbocycles. The van der Waals surface area contributed by atoms with E-state index in [1.54, 1.807) is 39.0 Å². The molecule has 0 saturated carbocycles. The molecule has 0 aliphatic heterocycles. The zero-order valence-electron chi connectivity index (χ0n) is 17.3. The summed E-state index contributed by atoms with van der Waals surface area (Å²) in [7, 11) is 0. The van der Waals surface area contributed by atoms with Crippen molar-refractivity contribution in [1.29, 1.82) is 0 Å². The Morgan fingerprint density at radius 1 is 1.00 bits per heavy atom. The highest BCUT2D eigenvalue weighted by Crippen LogP contribution is 2.12. The van der Waals surface area contributed by atoms with Crippen molar-refractivity contribution in [2.24, 2.45) is 0 Å². The molecule has 8 heteroatoms. The molecule has 0 atom stereocenters. The van der Waals surface area contributed by atoms with Crippen molar-refractivity contribution in [2.75, 3.05) is 11.9 Å². The van der Waals surface area contributed by atoms with Gasteiger partial charge in [0.1, 0.15) is 11.4 Å². The average molecular weight is 415 g/mol. The van der Waals surface area contributed by atoms with Crippen molar-refractivity contribution in [3.05, 3.63) is 65.5 Å². The smallest absolute Gasteiger partial charge is 0.407 e. The van der Waals surface area contributed by atoms with E-state index in [4.69, 9.17) is 4.74 Å². The number of hydrogen-bond acceptors (Lipinski definition) is 4. The Hall–Kier alpha value is -3.42. The maximum absolute atomic E-state index is 12.9. The number of amides is 3. The summed E-state index contributed by atoms with van der Waals surface area (Å²) in [6, 6.07) is 12.3. The fourth-order valence-electron chi connectivity index (χ4n) is 2.46. The van der Waals surface area contributed by atoms with Crippen molar-refractivity contribution < 1.29 is 23.5 Å². The van der Waals surface area contributed by atoms with Gasteiger partial charge in [0, 0.05) is 30.8 Å². The molecule has 0 heterocycles. The van der Waals surface area contributed by atoms with E-state index < -0.39 is 17.5 Å². The van der Waals surface area contributed by atoms with Crippen LogP contribution >= 0.6 is 0 Å². The first-order valence-corrected chi connectivity index (χ1v) is 9.52. The lowest BCUT2D eigenvalue weighted by molar-refractivity contribution is -0.116. The van der Waals surface area contributed by atoms with Gasteiger partial charge < -0.3 is 20.7 Å². The number of rotatable bonds is 7. The van der Waals surface area contributed by atoms with Crippen LogP contribution in [0.4, 0.5) is 14.9 Å². The number of carbonyl (C=O) groups is 3. The van der Waals surface area contributed by atoms with Crippen molar-refractivity contribution in [2.45, 2.75) is 39.3 Å². The molecule has 0 bridgehead atoms. The Kier molecular flexibility index (Phi) is 7.91. The maximum atomic E-state index is 12.9. The molecule has 0 aromatic heterocycles. The lowest BCUT2D eigenvalue weighted by atomic mass is 10.1. The molecule has 7 nitrogen and oxygen atoms in total. The second-order valence-electron chi connectivity index (χ2n) is 7.62. The molecule has 30 heavy (non-hydrogen) atoms. The van der Waals surface area contributed by atoms with Gasteiger partial charge in [0.15, 0.2) is 0 Å². The van der Waals surface area contributed by atoms with Gasteiger partial charge in [0.2, 0.25) is 5.91 Å². The van der Waals surface area contributed by atoms with Crippen LogP contribution in [0.1, 0.15) is 43.1 Å². The van der Waals surface area contributed by atoms with E-state index in [0.29, 0.717) is 11.3 Å². The van der Waals surface area contributed by atoms with E-state index in [2.05, 4.69) is 16.0 Å². The van der Waals surface area contributed by atoms with E-state index >= 15 is 0 Å². The summed E-state index contributed by atoms with van der Waals surface area (Å²) in [5.74, 6) is -0.993. The number of halogens is 1.